The van der Waals surface area contributed by atoms with Gasteiger partial charge in [-0.05, 0) is 51.8 Å². The summed E-state index contributed by atoms with van der Waals surface area (Å²) in [7, 11) is 0. The molecule has 1 aromatic carbocycles. The fraction of sp³-hybridized carbons (Fsp3) is 0.556. The van der Waals surface area contributed by atoms with Crippen molar-refractivity contribution in [2.45, 2.75) is 57.5 Å². The first-order chi connectivity index (χ1) is 11.6. The van der Waals surface area contributed by atoms with E-state index in [1.54, 1.807) is 18.2 Å². The van der Waals surface area contributed by atoms with Crippen LogP contribution in [-0.4, -0.2) is 29.6 Å². The molecule has 0 bridgehead atoms. The van der Waals surface area contributed by atoms with Crippen LogP contribution in [0.15, 0.2) is 18.2 Å². The number of rotatable bonds is 4. The Morgan fingerprint density at radius 1 is 1.24 bits per heavy atom. The van der Waals surface area contributed by atoms with Gasteiger partial charge in [-0.2, -0.15) is 0 Å². The van der Waals surface area contributed by atoms with E-state index in [2.05, 4.69) is 16.0 Å². The Labute approximate surface area is 153 Å². The minimum absolute atomic E-state index is 0.266. The largest absolute Gasteiger partial charge is 0.345 e. The molecular formula is C18H27ClN4O2. The van der Waals surface area contributed by atoms with E-state index in [1.165, 1.54) is 0 Å². The highest BCUT2D eigenvalue weighted by Gasteiger charge is 2.34. The standard InChI is InChI=1S/C18H27ClN4O2/c1-17(2,3)23-16(25)21-12-6-7-14(19)13(10-12)15(24)22-18(11-20)8-4-5-9-18/h6-7,10H,4-5,8-9,11,20H2,1-3H3,(H,22,24)(H2,21,23,25). The van der Waals surface area contributed by atoms with Crippen LogP contribution < -0.4 is 21.7 Å². The van der Waals surface area contributed by atoms with Crippen LogP contribution >= 0.6 is 11.6 Å². The fourth-order valence-corrected chi connectivity index (χ4v) is 3.22. The number of carbonyl (C=O) groups is 2. The average molecular weight is 367 g/mol. The average Bonchev–Trinajstić information content (AvgIpc) is 2.96. The van der Waals surface area contributed by atoms with Gasteiger partial charge in [0.1, 0.15) is 0 Å². The monoisotopic (exact) mass is 366 g/mol. The van der Waals surface area contributed by atoms with Crippen molar-refractivity contribution < 1.29 is 9.59 Å². The van der Waals surface area contributed by atoms with Gasteiger partial charge in [0.05, 0.1) is 16.1 Å². The second-order valence-corrected chi connectivity index (χ2v) is 8.08. The highest BCUT2D eigenvalue weighted by molar-refractivity contribution is 6.34. The Hall–Kier alpha value is -1.79. The summed E-state index contributed by atoms with van der Waals surface area (Å²) in [5.74, 6) is -0.266. The number of amides is 3. The molecule has 7 heteroatoms. The van der Waals surface area contributed by atoms with E-state index in [0.717, 1.165) is 25.7 Å². The first-order valence-corrected chi connectivity index (χ1v) is 8.93. The summed E-state index contributed by atoms with van der Waals surface area (Å²) < 4.78 is 0. The summed E-state index contributed by atoms with van der Waals surface area (Å²) in [5.41, 5.74) is 6.00. The third-order valence-corrected chi connectivity index (χ3v) is 4.62. The van der Waals surface area contributed by atoms with E-state index in [-0.39, 0.29) is 23.0 Å². The van der Waals surface area contributed by atoms with Crippen LogP contribution in [0.2, 0.25) is 5.02 Å². The van der Waals surface area contributed by atoms with Gasteiger partial charge < -0.3 is 21.7 Å². The van der Waals surface area contributed by atoms with Crippen LogP contribution in [0.4, 0.5) is 10.5 Å². The number of urea groups is 1. The predicted octanol–water partition coefficient (Wildman–Crippen LogP) is 3.26. The van der Waals surface area contributed by atoms with Crippen LogP contribution in [0.25, 0.3) is 0 Å². The molecule has 0 atom stereocenters. The summed E-state index contributed by atoms with van der Waals surface area (Å²) in [6.07, 6.45) is 3.86. The zero-order chi connectivity index (χ0) is 18.7. The van der Waals surface area contributed by atoms with Crippen molar-refractivity contribution in [1.29, 1.82) is 0 Å². The zero-order valence-electron chi connectivity index (χ0n) is 15.0. The van der Waals surface area contributed by atoms with Gasteiger partial charge in [-0.1, -0.05) is 24.4 Å². The number of nitrogens with two attached hydrogens (primary N) is 1. The Morgan fingerprint density at radius 3 is 2.44 bits per heavy atom. The smallest absolute Gasteiger partial charge is 0.319 e. The second kappa shape index (κ2) is 7.62. The minimum Gasteiger partial charge on any atom is -0.345 e. The molecule has 2 rings (SSSR count). The van der Waals surface area contributed by atoms with Gasteiger partial charge in [-0.25, -0.2) is 4.79 Å². The molecule has 25 heavy (non-hydrogen) atoms. The molecule has 0 saturated heterocycles. The van der Waals surface area contributed by atoms with Crippen molar-refractivity contribution in [2.75, 3.05) is 11.9 Å². The lowest BCUT2D eigenvalue weighted by atomic mass is 9.97. The van der Waals surface area contributed by atoms with Crippen LogP contribution in [0.5, 0.6) is 0 Å². The lowest BCUT2D eigenvalue weighted by Crippen LogP contribution is -2.51. The molecule has 138 valence electrons. The van der Waals surface area contributed by atoms with E-state index < -0.39 is 0 Å². The summed E-state index contributed by atoms with van der Waals surface area (Å²) >= 11 is 6.19. The van der Waals surface area contributed by atoms with Crippen molar-refractivity contribution >= 4 is 29.2 Å². The topological polar surface area (TPSA) is 96.2 Å². The zero-order valence-corrected chi connectivity index (χ0v) is 15.8. The van der Waals surface area contributed by atoms with Gasteiger partial charge in [0.2, 0.25) is 0 Å². The van der Waals surface area contributed by atoms with Gasteiger partial charge in [0.25, 0.3) is 5.91 Å². The van der Waals surface area contributed by atoms with Gasteiger partial charge in [-0.3, -0.25) is 4.79 Å². The van der Waals surface area contributed by atoms with E-state index in [0.29, 0.717) is 22.8 Å². The summed E-state index contributed by atoms with van der Waals surface area (Å²) in [5, 5.41) is 8.91. The van der Waals surface area contributed by atoms with Gasteiger partial charge in [0.15, 0.2) is 0 Å². The summed E-state index contributed by atoms with van der Waals surface area (Å²) in [6.45, 7) is 6.08. The molecule has 0 radical (unpaired) electrons. The Bertz CT molecular complexity index is 649. The lowest BCUT2D eigenvalue weighted by molar-refractivity contribution is 0.0903. The highest BCUT2D eigenvalue weighted by Crippen LogP contribution is 2.30. The van der Waals surface area contributed by atoms with Gasteiger partial charge in [0, 0.05) is 17.8 Å². The molecule has 1 fully saturated rings. The number of anilines is 1. The molecule has 1 aliphatic carbocycles. The maximum atomic E-state index is 12.7. The molecule has 1 aliphatic rings. The Kier molecular flexibility index (Phi) is 5.95. The number of halogens is 1. The van der Waals surface area contributed by atoms with Crippen molar-refractivity contribution in [3.05, 3.63) is 28.8 Å². The van der Waals surface area contributed by atoms with Crippen molar-refractivity contribution in [3.8, 4) is 0 Å². The summed E-state index contributed by atoms with van der Waals surface area (Å²) in [4.78, 5) is 24.7. The maximum absolute atomic E-state index is 12.7. The number of hydrogen-bond donors (Lipinski definition) is 4. The maximum Gasteiger partial charge on any atom is 0.319 e. The van der Waals surface area contributed by atoms with Crippen molar-refractivity contribution in [2.24, 2.45) is 5.73 Å². The first-order valence-electron chi connectivity index (χ1n) is 8.55. The first kappa shape index (κ1) is 19.5. The molecule has 6 nitrogen and oxygen atoms in total. The normalized spacial score (nSPS) is 16.4. The van der Waals surface area contributed by atoms with Crippen molar-refractivity contribution in [3.63, 3.8) is 0 Å². The van der Waals surface area contributed by atoms with Crippen molar-refractivity contribution in [1.82, 2.24) is 10.6 Å². The van der Waals surface area contributed by atoms with Crippen LogP contribution in [0.3, 0.4) is 0 Å². The molecule has 0 heterocycles. The molecule has 3 amide bonds. The quantitative estimate of drug-likeness (QED) is 0.658. The van der Waals surface area contributed by atoms with Crippen LogP contribution in [0, 0.1) is 0 Å². The van der Waals surface area contributed by atoms with E-state index >= 15 is 0 Å². The molecule has 1 saturated carbocycles. The van der Waals surface area contributed by atoms with E-state index in [9.17, 15) is 9.59 Å². The molecule has 0 aliphatic heterocycles. The molecule has 0 aromatic heterocycles. The molecular weight excluding hydrogens is 340 g/mol. The number of benzene rings is 1. The number of carbonyl (C=O) groups excluding carboxylic acids is 2. The molecule has 1 aromatic rings. The third-order valence-electron chi connectivity index (χ3n) is 4.29. The lowest BCUT2D eigenvalue weighted by Gasteiger charge is -2.29. The third kappa shape index (κ3) is 5.34. The second-order valence-electron chi connectivity index (χ2n) is 7.67. The fourth-order valence-electron chi connectivity index (χ4n) is 3.02. The van der Waals surface area contributed by atoms with Gasteiger partial charge in [-0.15, -0.1) is 0 Å². The minimum atomic E-state index is -0.354. The van der Waals surface area contributed by atoms with E-state index in [4.69, 9.17) is 17.3 Å². The number of hydrogen-bond acceptors (Lipinski definition) is 3. The van der Waals surface area contributed by atoms with Gasteiger partial charge >= 0.3 is 6.03 Å². The van der Waals surface area contributed by atoms with E-state index in [1.807, 2.05) is 20.8 Å². The highest BCUT2D eigenvalue weighted by atomic mass is 35.5. The molecule has 0 spiro atoms. The summed E-state index contributed by atoms with van der Waals surface area (Å²) in [6, 6.07) is 4.51. The SMILES string of the molecule is CC(C)(C)NC(=O)Nc1ccc(Cl)c(C(=O)NC2(CN)CCCC2)c1. The Morgan fingerprint density at radius 2 is 1.88 bits per heavy atom. The predicted molar refractivity (Wildman–Crippen MR) is 101 cm³/mol. The Balaban J connectivity index is 2.12. The van der Waals surface area contributed by atoms with Crippen LogP contribution in [0.1, 0.15) is 56.8 Å². The number of nitrogens with one attached hydrogen (secondary N) is 3. The molecule has 5 N–H and O–H groups in total. The molecule has 0 unspecified atom stereocenters. The van der Waals surface area contributed by atoms with Crippen LogP contribution in [-0.2, 0) is 0 Å².